The second-order valence-electron chi connectivity index (χ2n) is 5.37. The summed E-state index contributed by atoms with van der Waals surface area (Å²) in [6.07, 6.45) is 7.78. The molecule has 1 rings (SSSR count). The van der Waals surface area contributed by atoms with Gasteiger partial charge in [0, 0.05) is 0 Å². The van der Waals surface area contributed by atoms with Crippen LogP contribution in [0.5, 0.6) is 0 Å². The topological polar surface area (TPSA) is 32.8 Å². The summed E-state index contributed by atoms with van der Waals surface area (Å²) in [7, 11) is 0. The third kappa shape index (κ3) is 12.0. The van der Waals surface area contributed by atoms with Gasteiger partial charge in [-0.05, 0) is 26.2 Å². The molecule has 16 heavy (non-hydrogen) atoms. The maximum absolute atomic E-state index is 9.69. The van der Waals surface area contributed by atoms with Crippen LogP contribution in [0, 0.1) is 5.92 Å². The van der Waals surface area contributed by atoms with E-state index in [2.05, 4.69) is 18.6 Å². The van der Waals surface area contributed by atoms with Crippen LogP contribution in [-0.2, 0) is 4.74 Å². The van der Waals surface area contributed by atoms with E-state index in [1.54, 1.807) is 0 Å². The zero-order valence-corrected chi connectivity index (χ0v) is 11.6. The van der Waals surface area contributed by atoms with E-state index in [9.17, 15) is 5.11 Å². The fourth-order valence-corrected chi connectivity index (χ4v) is 1.41. The van der Waals surface area contributed by atoms with Gasteiger partial charge in [-0.2, -0.15) is 0 Å². The number of hydrogen-bond acceptors (Lipinski definition) is 2. The highest BCUT2D eigenvalue weighted by Gasteiger charge is 2.21. The van der Waals surface area contributed by atoms with Gasteiger partial charge in [0.15, 0.2) is 0 Å². The average Bonchev–Trinajstić information content (AvgIpc) is 3.02. The molecule has 0 radical (unpaired) electrons. The van der Waals surface area contributed by atoms with Gasteiger partial charge >= 0.3 is 0 Å². The van der Waals surface area contributed by atoms with Crippen molar-refractivity contribution in [2.75, 3.05) is 13.2 Å². The maximum Gasteiger partial charge on any atom is 0.0701 e. The molecule has 0 amide bonds. The molecule has 0 aliphatic carbocycles. The second-order valence-corrected chi connectivity index (χ2v) is 5.37. The first-order valence-electron chi connectivity index (χ1n) is 6.78. The van der Waals surface area contributed by atoms with Crippen molar-refractivity contribution in [1.29, 1.82) is 0 Å². The summed E-state index contributed by atoms with van der Waals surface area (Å²) in [6, 6.07) is 0. The van der Waals surface area contributed by atoms with Gasteiger partial charge in [0.25, 0.3) is 0 Å². The normalized spacial score (nSPS) is 16.3. The molecule has 0 aromatic rings. The fourth-order valence-electron chi connectivity index (χ4n) is 1.41. The van der Waals surface area contributed by atoms with Crippen LogP contribution >= 0.6 is 0 Å². The van der Waals surface area contributed by atoms with Crippen molar-refractivity contribution in [2.45, 2.75) is 71.8 Å². The van der Waals surface area contributed by atoms with E-state index in [0.717, 1.165) is 19.6 Å². The molecule has 1 aliphatic heterocycles. The van der Waals surface area contributed by atoms with Crippen molar-refractivity contribution in [3.63, 3.8) is 0 Å². The molecule has 1 atom stereocenters. The molecule has 0 aromatic heterocycles. The number of rotatable bonds is 7. The Morgan fingerprint density at radius 1 is 1.12 bits per heavy atom. The van der Waals surface area contributed by atoms with Crippen LogP contribution in [0.1, 0.15) is 66.2 Å². The number of aliphatic hydroxyl groups is 1. The van der Waals surface area contributed by atoms with Gasteiger partial charge < -0.3 is 9.84 Å². The Bertz CT molecular complexity index is 145. The van der Waals surface area contributed by atoms with Crippen molar-refractivity contribution >= 4 is 0 Å². The summed E-state index contributed by atoms with van der Waals surface area (Å²) in [6.45, 7) is 10.2. The zero-order valence-electron chi connectivity index (χ0n) is 11.6. The van der Waals surface area contributed by atoms with Gasteiger partial charge in [-0.1, -0.05) is 46.0 Å². The standard InChI is InChI=1S/C12H26O.C2H4O/c1-5-6-7-8-9-10-11(2)12(3,4)13;1-2-3-1/h11,13H,5-10H2,1-4H3;1-2H2. The smallest absolute Gasteiger partial charge is 0.0701 e. The molecule has 1 aliphatic rings. The van der Waals surface area contributed by atoms with Crippen molar-refractivity contribution in [3.8, 4) is 0 Å². The summed E-state index contributed by atoms with van der Waals surface area (Å²) in [5.74, 6) is 0.425. The monoisotopic (exact) mass is 230 g/mol. The van der Waals surface area contributed by atoms with E-state index in [1.807, 2.05) is 13.8 Å². The highest BCUT2D eigenvalue weighted by atomic mass is 16.6. The number of ether oxygens (including phenoxy) is 1. The quantitative estimate of drug-likeness (QED) is 0.533. The molecule has 2 nitrogen and oxygen atoms in total. The second kappa shape index (κ2) is 9.00. The maximum atomic E-state index is 9.69. The minimum atomic E-state index is -0.495. The third-order valence-corrected chi connectivity index (χ3v) is 3.15. The molecule has 0 bridgehead atoms. The summed E-state index contributed by atoms with van der Waals surface area (Å²) >= 11 is 0. The minimum Gasteiger partial charge on any atom is -0.390 e. The van der Waals surface area contributed by atoms with E-state index in [1.165, 1.54) is 32.1 Å². The molecule has 98 valence electrons. The highest BCUT2D eigenvalue weighted by Crippen LogP contribution is 2.22. The van der Waals surface area contributed by atoms with Crippen LogP contribution in [0.2, 0.25) is 0 Å². The summed E-state index contributed by atoms with van der Waals surface area (Å²) < 4.78 is 4.50. The van der Waals surface area contributed by atoms with E-state index >= 15 is 0 Å². The lowest BCUT2D eigenvalue weighted by molar-refractivity contribution is 0.0203. The largest absolute Gasteiger partial charge is 0.390 e. The predicted octanol–water partition coefficient (Wildman–Crippen LogP) is 3.77. The molecule has 1 heterocycles. The lowest BCUT2D eigenvalue weighted by atomic mass is 9.88. The number of epoxide rings is 1. The van der Waals surface area contributed by atoms with Crippen molar-refractivity contribution in [3.05, 3.63) is 0 Å². The SMILES string of the molecule is C1CO1.CCCCCCCC(C)C(C)(C)O. The van der Waals surface area contributed by atoms with E-state index < -0.39 is 5.60 Å². The van der Waals surface area contributed by atoms with Crippen molar-refractivity contribution < 1.29 is 9.84 Å². The third-order valence-electron chi connectivity index (χ3n) is 3.15. The predicted molar refractivity (Wildman–Crippen MR) is 69.7 cm³/mol. The van der Waals surface area contributed by atoms with Crippen LogP contribution < -0.4 is 0 Å². The fraction of sp³-hybridized carbons (Fsp3) is 1.00. The highest BCUT2D eigenvalue weighted by molar-refractivity contribution is 4.72. The summed E-state index contributed by atoms with van der Waals surface area (Å²) in [5, 5.41) is 9.69. The lowest BCUT2D eigenvalue weighted by Gasteiger charge is -2.25. The van der Waals surface area contributed by atoms with Crippen molar-refractivity contribution in [1.82, 2.24) is 0 Å². The molecule has 2 heteroatoms. The van der Waals surface area contributed by atoms with E-state index in [-0.39, 0.29) is 0 Å². The van der Waals surface area contributed by atoms with E-state index in [0.29, 0.717) is 5.92 Å². The van der Waals surface area contributed by atoms with Crippen LogP contribution in [-0.4, -0.2) is 23.9 Å². The molecule has 1 unspecified atom stereocenters. The zero-order chi connectivity index (χ0) is 12.4. The summed E-state index contributed by atoms with van der Waals surface area (Å²) in [4.78, 5) is 0. The van der Waals surface area contributed by atoms with Gasteiger partial charge in [-0.3, -0.25) is 0 Å². The Balaban J connectivity index is 0.000000635. The Labute approximate surface area is 101 Å². The van der Waals surface area contributed by atoms with Crippen LogP contribution in [0.25, 0.3) is 0 Å². The van der Waals surface area contributed by atoms with Crippen molar-refractivity contribution in [2.24, 2.45) is 5.92 Å². The van der Waals surface area contributed by atoms with Gasteiger partial charge in [0.05, 0.1) is 18.8 Å². The lowest BCUT2D eigenvalue weighted by Crippen LogP contribution is -2.28. The van der Waals surface area contributed by atoms with Crippen LogP contribution in [0.4, 0.5) is 0 Å². The first-order valence-corrected chi connectivity index (χ1v) is 6.78. The average molecular weight is 230 g/mol. The molecular weight excluding hydrogens is 200 g/mol. The molecule has 0 spiro atoms. The van der Waals surface area contributed by atoms with Gasteiger partial charge in [0.1, 0.15) is 0 Å². The minimum absolute atomic E-state index is 0.425. The summed E-state index contributed by atoms with van der Waals surface area (Å²) in [5.41, 5.74) is -0.495. The molecule has 0 saturated carbocycles. The Morgan fingerprint density at radius 2 is 1.62 bits per heavy atom. The first-order chi connectivity index (χ1) is 7.48. The van der Waals surface area contributed by atoms with Gasteiger partial charge in [-0.25, -0.2) is 0 Å². The molecule has 1 fully saturated rings. The molecule has 1 saturated heterocycles. The number of hydrogen-bond donors (Lipinski definition) is 1. The Morgan fingerprint density at radius 3 is 2.00 bits per heavy atom. The van der Waals surface area contributed by atoms with Gasteiger partial charge in [0.2, 0.25) is 0 Å². The van der Waals surface area contributed by atoms with Gasteiger partial charge in [-0.15, -0.1) is 0 Å². The van der Waals surface area contributed by atoms with Crippen LogP contribution in [0.3, 0.4) is 0 Å². The molecule has 1 N–H and O–H groups in total. The first kappa shape index (κ1) is 15.9. The van der Waals surface area contributed by atoms with E-state index in [4.69, 9.17) is 0 Å². The Kier molecular flexibility index (Phi) is 8.96. The molecular formula is C14H30O2. The number of unbranched alkanes of at least 4 members (excludes halogenated alkanes) is 4. The van der Waals surface area contributed by atoms with Crippen LogP contribution in [0.15, 0.2) is 0 Å². The Hall–Kier alpha value is -0.0800. The molecule has 0 aromatic carbocycles.